The molecule has 1 aliphatic heterocycles. The minimum absolute atomic E-state index is 0.00658. The lowest BCUT2D eigenvalue weighted by atomic mass is 9.65. The summed E-state index contributed by atoms with van der Waals surface area (Å²) in [4.78, 5) is 41.1. The third kappa shape index (κ3) is 5.37. The summed E-state index contributed by atoms with van der Waals surface area (Å²) in [7, 11) is 0. The quantitative estimate of drug-likeness (QED) is 0.524. The zero-order valence-electron chi connectivity index (χ0n) is 19.7. The number of rotatable bonds is 5. The predicted molar refractivity (Wildman–Crippen MR) is 128 cm³/mol. The predicted octanol–water partition coefficient (Wildman–Crippen LogP) is 4.61. The number of aromatic amines is 1. The van der Waals surface area contributed by atoms with Crippen molar-refractivity contribution in [3.63, 3.8) is 0 Å². The molecule has 192 valence electrons. The van der Waals surface area contributed by atoms with Crippen LogP contribution in [0.1, 0.15) is 45.7 Å². The minimum atomic E-state index is -4.41. The number of ether oxygens (including phenoxy) is 1. The van der Waals surface area contributed by atoms with E-state index in [1.807, 2.05) is 0 Å². The third-order valence-electron chi connectivity index (χ3n) is 6.95. The number of nitrogens with zero attached hydrogens (tertiary/aromatic N) is 1. The lowest BCUT2D eigenvalue weighted by molar-refractivity contribution is -0.137. The van der Waals surface area contributed by atoms with Crippen molar-refractivity contribution >= 4 is 11.8 Å². The van der Waals surface area contributed by atoms with Gasteiger partial charge in [0.1, 0.15) is 17.2 Å². The van der Waals surface area contributed by atoms with E-state index in [4.69, 9.17) is 4.74 Å². The standard InChI is InChI=1S/C27H24F3N3O4/c28-27(29,30)18-6-10-21(11-7-18)37-20-8-4-17(5-9-20)25(36)33-13-12-26(16-33)14-19(15-26)31-24(35)22-2-1-3-23(34)32-22/h1-11,19H,12-16H2,(H,31,35)(H,32,34). The summed E-state index contributed by atoms with van der Waals surface area (Å²) in [5.74, 6) is 0.250. The van der Waals surface area contributed by atoms with Crippen molar-refractivity contribution < 1.29 is 27.5 Å². The SMILES string of the molecule is O=C(NC1CC2(CCN(C(=O)c3ccc(Oc4ccc(C(F)(F)F)cc4)cc3)C2)C1)c1cccc(=O)[nH]1. The van der Waals surface area contributed by atoms with Gasteiger partial charge in [-0.1, -0.05) is 6.07 Å². The Labute approximate surface area is 210 Å². The van der Waals surface area contributed by atoms with Gasteiger partial charge in [-0.2, -0.15) is 13.2 Å². The van der Waals surface area contributed by atoms with Crippen molar-refractivity contribution in [3.05, 3.63) is 93.9 Å². The average Bonchev–Trinajstić information content (AvgIpc) is 3.29. The van der Waals surface area contributed by atoms with Crippen molar-refractivity contribution in [1.82, 2.24) is 15.2 Å². The summed E-state index contributed by atoms with van der Waals surface area (Å²) in [6, 6.07) is 15.3. The van der Waals surface area contributed by atoms with Crippen LogP contribution in [0.5, 0.6) is 11.5 Å². The highest BCUT2D eigenvalue weighted by molar-refractivity contribution is 5.94. The van der Waals surface area contributed by atoms with Gasteiger partial charge >= 0.3 is 6.18 Å². The van der Waals surface area contributed by atoms with Gasteiger partial charge in [0.05, 0.1) is 5.56 Å². The Morgan fingerprint density at radius 2 is 1.62 bits per heavy atom. The van der Waals surface area contributed by atoms with E-state index in [0.717, 1.165) is 31.4 Å². The van der Waals surface area contributed by atoms with E-state index in [1.165, 1.54) is 24.3 Å². The largest absolute Gasteiger partial charge is 0.457 e. The van der Waals surface area contributed by atoms with Crippen LogP contribution in [0.2, 0.25) is 0 Å². The summed E-state index contributed by atoms with van der Waals surface area (Å²) in [6.07, 6.45) is -2.03. The number of alkyl halides is 3. The van der Waals surface area contributed by atoms with Gasteiger partial charge in [-0.3, -0.25) is 14.4 Å². The molecule has 2 fully saturated rings. The van der Waals surface area contributed by atoms with E-state index in [0.29, 0.717) is 24.4 Å². The molecular weight excluding hydrogens is 487 g/mol. The lowest BCUT2D eigenvalue weighted by Gasteiger charge is -2.45. The van der Waals surface area contributed by atoms with Crippen LogP contribution in [0.3, 0.4) is 0 Å². The van der Waals surface area contributed by atoms with E-state index >= 15 is 0 Å². The smallest absolute Gasteiger partial charge is 0.416 e. The van der Waals surface area contributed by atoms with E-state index in [9.17, 15) is 27.6 Å². The first-order chi connectivity index (χ1) is 17.6. The second-order valence-corrected chi connectivity index (χ2v) is 9.63. The number of likely N-dealkylation sites (tertiary alicyclic amines) is 1. The molecule has 1 saturated heterocycles. The highest BCUT2D eigenvalue weighted by atomic mass is 19.4. The first kappa shape index (κ1) is 24.6. The average molecular weight is 512 g/mol. The van der Waals surface area contributed by atoms with Crippen molar-refractivity contribution in [3.8, 4) is 11.5 Å². The number of amides is 2. The molecule has 2 amide bonds. The maximum absolute atomic E-state index is 13.0. The first-order valence-electron chi connectivity index (χ1n) is 11.8. The van der Waals surface area contributed by atoms with Gasteiger partial charge in [-0.15, -0.1) is 0 Å². The molecule has 0 bridgehead atoms. The maximum Gasteiger partial charge on any atom is 0.416 e. The van der Waals surface area contributed by atoms with Crippen LogP contribution in [0.15, 0.2) is 71.5 Å². The van der Waals surface area contributed by atoms with Crippen LogP contribution in [-0.4, -0.2) is 40.8 Å². The summed E-state index contributed by atoms with van der Waals surface area (Å²) in [5, 5.41) is 2.94. The Morgan fingerprint density at radius 1 is 0.973 bits per heavy atom. The molecule has 1 saturated carbocycles. The molecule has 37 heavy (non-hydrogen) atoms. The highest BCUT2D eigenvalue weighted by Crippen LogP contribution is 2.48. The summed E-state index contributed by atoms with van der Waals surface area (Å²) in [6.45, 7) is 1.22. The normalized spacial score (nSPS) is 20.9. The molecule has 3 aromatic rings. The number of hydrogen-bond acceptors (Lipinski definition) is 4. The van der Waals surface area contributed by atoms with Crippen molar-refractivity contribution in [2.45, 2.75) is 31.5 Å². The number of benzene rings is 2. The Bertz CT molecular complexity index is 1360. The fraction of sp³-hybridized carbons (Fsp3) is 0.296. The maximum atomic E-state index is 13.0. The van der Waals surface area contributed by atoms with E-state index in [-0.39, 0.29) is 40.3 Å². The zero-order chi connectivity index (χ0) is 26.2. The molecule has 2 N–H and O–H groups in total. The number of halogens is 3. The summed E-state index contributed by atoms with van der Waals surface area (Å²) in [5.41, 5.74) is -0.390. The second kappa shape index (κ2) is 9.42. The molecule has 7 nitrogen and oxygen atoms in total. The zero-order valence-corrected chi connectivity index (χ0v) is 19.7. The Morgan fingerprint density at radius 3 is 2.24 bits per heavy atom. The Kier molecular flexibility index (Phi) is 6.26. The molecular formula is C27H24F3N3O4. The third-order valence-corrected chi connectivity index (χ3v) is 6.95. The number of H-pyrrole nitrogens is 1. The molecule has 0 radical (unpaired) electrons. The molecule has 0 atom stereocenters. The van der Waals surface area contributed by atoms with Gasteiger partial charge in [0.25, 0.3) is 11.8 Å². The molecule has 2 heterocycles. The van der Waals surface area contributed by atoms with Crippen LogP contribution in [0.4, 0.5) is 13.2 Å². The number of pyridine rings is 1. The number of carbonyl (C=O) groups is 2. The Hall–Kier alpha value is -4.08. The van der Waals surface area contributed by atoms with Crippen molar-refractivity contribution in [2.75, 3.05) is 13.1 Å². The molecule has 2 aliphatic rings. The van der Waals surface area contributed by atoms with Gasteiger partial charge in [0.15, 0.2) is 0 Å². The fourth-order valence-electron chi connectivity index (χ4n) is 5.07. The number of nitrogens with one attached hydrogen (secondary N) is 2. The molecule has 2 aromatic carbocycles. The number of aromatic nitrogens is 1. The van der Waals surface area contributed by atoms with Gasteiger partial charge < -0.3 is 19.9 Å². The fourth-order valence-corrected chi connectivity index (χ4v) is 5.07. The van der Waals surface area contributed by atoms with Crippen LogP contribution < -0.4 is 15.6 Å². The van der Waals surface area contributed by atoms with Crippen LogP contribution in [0, 0.1) is 5.41 Å². The van der Waals surface area contributed by atoms with E-state index < -0.39 is 11.7 Å². The number of carbonyl (C=O) groups excluding carboxylic acids is 2. The highest BCUT2D eigenvalue weighted by Gasteiger charge is 2.49. The lowest BCUT2D eigenvalue weighted by Crippen LogP contribution is -2.52. The molecule has 0 unspecified atom stereocenters. The van der Waals surface area contributed by atoms with Gasteiger partial charge in [-0.25, -0.2) is 0 Å². The van der Waals surface area contributed by atoms with Gasteiger partial charge in [0, 0.05) is 30.8 Å². The van der Waals surface area contributed by atoms with E-state index in [2.05, 4.69) is 10.3 Å². The molecule has 1 aliphatic carbocycles. The molecule has 5 rings (SSSR count). The first-order valence-corrected chi connectivity index (χ1v) is 11.8. The summed E-state index contributed by atoms with van der Waals surface area (Å²) < 4.78 is 43.7. The molecule has 1 aromatic heterocycles. The van der Waals surface area contributed by atoms with Gasteiger partial charge in [0.2, 0.25) is 5.56 Å². The van der Waals surface area contributed by atoms with Crippen molar-refractivity contribution in [2.24, 2.45) is 5.41 Å². The number of hydrogen-bond donors (Lipinski definition) is 2. The van der Waals surface area contributed by atoms with Crippen LogP contribution in [0.25, 0.3) is 0 Å². The van der Waals surface area contributed by atoms with Crippen LogP contribution >= 0.6 is 0 Å². The molecule has 1 spiro atoms. The topological polar surface area (TPSA) is 91.5 Å². The molecule has 10 heteroatoms. The summed E-state index contributed by atoms with van der Waals surface area (Å²) >= 11 is 0. The van der Waals surface area contributed by atoms with E-state index in [1.54, 1.807) is 35.2 Å². The minimum Gasteiger partial charge on any atom is -0.457 e. The van der Waals surface area contributed by atoms with Crippen LogP contribution in [-0.2, 0) is 6.18 Å². The Balaban J connectivity index is 1.13. The van der Waals surface area contributed by atoms with Gasteiger partial charge in [-0.05, 0) is 79.3 Å². The second-order valence-electron chi connectivity index (χ2n) is 9.63. The van der Waals surface area contributed by atoms with Crippen molar-refractivity contribution in [1.29, 1.82) is 0 Å². The monoisotopic (exact) mass is 511 g/mol.